The maximum Gasteiger partial charge on any atom is 0.335 e. The van der Waals surface area contributed by atoms with Crippen LogP contribution in [0.3, 0.4) is 0 Å². The van der Waals surface area contributed by atoms with Gasteiger partial charge in [-0.1, -0.05) is 20.8 Å². The summed E-state index contributed by atoms with van der Waals surface area (Å²) >= 11 is 0. The minimum Gasteiger partial charge on any atom is -0.479 e. The van der Waals surface area contributed by atoms with Gasteiger partial charge < -0.3 is 19.9 Å². The van der Waals surface area contributed by atoms with Gasteiger partial charge in [0.25, 0.3) is 0 Å². The molecule has 1 saturated heterocycles. The Hall–Kier alpha value is -1.14. The monoisotopic (exact) mass is 289 g/mol. The third kappa shape index (κ3) is 5.46. The van der Waals surface area contributed by atoms with Crippen molar-refractivity contribution in [3.05, 3.63) is 0 Å². The van der Waals surface area contributed by atoms with Crippen LogP contribution in [0.5, 0.6) is 0 Å². The molecule has 3 atom stereocenters. The number of hydrogen-bond donors (Lipinski definition) is 2. The molecule has 6 nitrogen and oxygen atoms in total. The van der Waals surface area contributed by atoms with E-state index in [1.54, 1.807) is 20.9 Å². The molecule has 1 amide bonds. The van der Waals surface area contributed by atoms with Crippen LogP contribution in [0.25, 0.3) is 0 Å². The van der Waals surface area contributed by atoms with E-state index in [9.17, 15) is 9.59 Å². The normalized spacial score (nSPS) is 25.3. The Morgan fingerprint density at radius 2 is 1.85 bits per heavy atom. The molecule has 1 aliphatic rings. The lowest BCUT2D eigenvalue weighted by atomic mass is 9.95. The number of carboxylic acid groups (broad SMARTS) is 1. The number of carbonyl (C=O) groups is 2. The molecule has 20 heavy (non-hydrogen) atoms. The Morgan fingerprint density at radius 3 is 2.30 bits per heavy atom. The first kappa shape index (κ1) is 18.9. The van der Waals surface area contributed by atoms with Gasteiger partial charge in [0, 0.05) is 13.5 Å². The van der Waals surface area contributed by atoms with Crippen molar-refractivity contribution < 1.29 is 24.2 Å². The van der Waals surface area contributed by atoms with Crippen LogP contribution in [0.15, 0.2) is 0 Å². The van der Waals surface area contributed by atoms with Crippen molar-refractivity contribution in [3.63, 3.8) is 0 Å². The Labute approximate surface area is 120 Å². The van der Waals surface area contributed by atoms with Crippen molar-refractivity contribution in [2.24, 2.45) is 5.92 Å². The molecule has 0 saturated carbocycles. The van der Waals surface area contributed by atoms with Crippen LogP contribution in [0.4, 0.5) is 0 Å². The van der Waals surface area contributed by atoms with E-state index in [1.165, 1.54) is 0 Å². The second-order valence-corrected chi connectivity index (χ2v) is 5.05. The third-order valence-corrected chi connectivity index (χ3v) is 3.04. The van der Waals surface area contributed by atoms with Gasteiger partial charge in [0.15, 0.2) is 11.9 Å². The summed E-state index contributed by atoms with van der Waals surface area (Å²) in [6.07, 6.45) is -0.584. The summed E-state index contributed by atoms with van der Waals surface area (Å²) in [4.78, 5) is 22.3. The topological polar surface area (TPSA) is 84.9 Å². The van der Waals surface area contributed by atoms with E-state index in [2.05, 4.69) is 5.32 Å². The third-order valence-electron chi connectivity index (χ3n) is 3.04. The second-order valence-electron chi connectivity index (χ2n) is 5.05. The van der Waals surface area contributed by atoms with Crippen molar-refractivity contribution in [1.29, 1.82) is 0 Å². The van der Waals surface area contributed by atoms with E-state index in [1.807, 2.05) is 20.8 Å². The summed E-state index contributed by atoms with van der Waals surface area (Å²) in [7, 11) is 1.57. The average Bonchev–Trinajstić information content (AvgIpc) is 2.74. The lowest BCUT2D eigenvalue weighted by Gasteiger charge is -2.21. The van der Waals surface area contributed by atoms with Gasteiger partial charge in [-0.2, -0.15) is 0 Å². The highest BCUT2D eigenvalue weighted by Gasteiger charge is 2.47. The van der Waals surface area contributed by atoms with Gasteiger partial charge in [-0.15, -0.1) is 0 Å². The molecule has 1 fully saturated rings. The average molecular weight is 289 g/mol. The number of hydrogen-bond acceptors (Lipinski definition) is 4. The molecule has 2 unspecified atom stereocenters. The quantitative estimate of drug-likeness (QED) is 0.806. The number of amides is 1. The summed E-state index contributed by atoms with van der Waals surface area (Å²) in [5, 5.41) is 11.6. The van der Waals surface area contributed by atoms with Crippen LogP contribution >= 0.6 is 0 Å². The van der Waals surface area contributed by atoms with Crippen molar-refractivity contribution in [2.45, 2.75) is 65.5 Å². The summed E-state index contributed by atoms with van der Waals surface area (Å²) < 4.78 is 11.0. The van der Waals surface area contributed by atoms with E-state index >= 15 is 0 Å². The molecule has 118 valence electrons. The Morgan fingerprint density at radius 1 is 1.30 bits per heavy atom. The van der Waals surface area contributed by atoms with Gasteiger partial charge in [-0.25, -0.2) is 4.79 Å². The number of rotatable bonds is 5. The lowest BCUT2D eigenvalue weighted by Crippen LogP contribution is -2.36. The van der Waals surface area contributed by atoms with E-state index in [-0.39, 0.29) is 11.8 Å². The Kier molecular flexibility index (Phi) is 7.75. The molecule has 1 heterocycles. The number of aliphatic carboxylic acids is 1. The maximum atomic E-state index is 11.2. The van der Waals surface area contributed by atoms with Crippen molar-refractivity contribution in [3.8, 4) is 0 Å². The minimum absolute atomic E-state index is 0.0631. The fourth-order valence-corrected chi connectivity index (χ4v) is 2.04. The summed E-state index contributed by atoms with van der Waals surface area (Å²) in [5.41, 5.74) is 0. The number of carboxylic acids is 1. The molecule has 1 rings (SSSR count). The first-order chi connectivity index (χ1) is 9.26. The van der Waals surface area contributed by atoms with Crippen LogP contribution in [0, 0.1) is 5.92 Å². The van der Waals surface area contributed by atoms with Gasteiger partial charge in [0.05, 0.1) is 0 Å². The smallest absolute Gasteiger partial charge is 0.335 e. The van der Waals surface area contributed by atoms with Gasteiger partial charge in [-0.3, -0.25) is 4.79 Å². The van der Waals surface area contributed by atoms with Crippen LogP contribution in [0.2, 0.25) is 0 Å². The van der Waals surface area contributed by atoms with Crippen LogP contribution in [0.1, 0.15) is 47.5 Å². The lowest BCUT2D eigenvalue weighted by molar-refractivity contribution is -0.166. The molecule has 0 aromatic heterocycles. The first-order valence-corrected chi connectivity index (χ1v) is 7.06. The predicted molar refractivity (Wildman–Crippen MR) is 75.3 cm³/mol. The van der Waals surface area contributed by atoms with Gasteiger partial charge in [0.2, 0.25) is 5.91 Å². The molecule has 0 aromatic rings. The summed E-state index contributed by atoms with van der Waals surface area (Å²) in [6.45, 7) is 9.25. The molecule has 6 heteroatoms. The van der Waals surface area contributed by atoms with Gasteiger partial charge >= 0.3 is 5.97 Å². The number of carbonyl (C=O) groups excluding carboxylic acids is 1. The SMILES string of the molecule is CC.CNC(=O)CC[C@H](C)C1OC(C)(C)OC1C(=O)O. The van der Waals surface area contributed by atoms with Gasteiger partial charge in [0.1, 0.15) is 6.10 Å². The first-order valence-electron chi connectivity index (χ1n) is 7.06. The number of nitrogens with one attached hydrogen (secondary N) is 1. The van der Waals surface area contributed by atoms with Crippen molar-refractivity contribution >= 4 is 11.9 Å². The molecule has 1 aliphatic heterocycles. The highest BCUT2D eigenvalue weighted by Crippen LogP contribution is 2.33. The van der Waals surface area contributed by atoms with Crippen LogP contribution in [-0.4, -0.2) is 42.0 Å². The van der Waals surface area contributed by atoms with Crippen molar-refractivity contribution in [1.82, 2.24) is 5.32 Å². The zero-order valence-electron chi connectivity index (χ0n) is 13.2. The highest BCUT2D eigenvalue weighted by molar-refractivity contribution is 5.75. The van der Waals surface area contributed by atoms with E-state index in [0.29, 0.717) is 12.8 Å². The highest BCUT2D eigenvalue weighted by atomic mass is 16.8. The fourth-order valence-electron chi connectivity index (χ4n) is 2.04. The summed E-state index contributed by atoms with van der Waals surface area (Å²) in [6, 6.07) is 0. The Balaban J connectivity index is 0.00000172. The van der Waals surface area contributed by atoms with Crippen LogP contribution < -0.4 is 5.32 Å². The maximum absolute atomic E-state index is 11.2. The van der Waals surface area contributed by atoms with E-state index < -0.39 is 24.0 Å². The van der Waals surface area contributed by atoms with E-state index in [4.69, 9.17) is 14.6 Å². The van der Waals surface area contributed by atoms with Crippen molar-refractivity contribution in [2.75, 3.05) is 7.05 Å². The second kappa shape index (κ2) is 8.21. The zero-order valence-corrected chi connectivity index (χ0v) is 13.2. The standard InChI is InChI=1S/C12H21NO5.C2H6/c1-7(5-6-8(14)13-4)9-10(11(15)16)18-12(2,3)17-9;1-2/h7,9-10H,5-6H2,1-4H3,(H,13,14)(H,15,16);1-2H3/t7-,9?,10?;/m0./s1. The zero-order chi connectivity index (χ0) is 15.9. The fraction of sp³-hybridized carbons (Fsp3) is 0.857. The molecule has 0 aliphatic carbocycles. The van der Waals surface area contributed by atoms with E-state index in [0.717, 1.165) is 0 Å². The van der Waals surface area contributed by atoms with Gasteiger partial charge in [-0.05, 0) is 26.2 Å². The molecule has 2 N–H and O–H groups in total. The molecular formula is C14H27NO5. The summed E-state index contributed by atoms with van der Waals surface area (Å²) in [5.74, 6) is -2.05. The molecule has 0 spiro atoms. The minimum atomic E-state index is -1.03. The number of ether oxygens (including phenoxy) is 2. The predicted octanol–water partition coefficient (Wildman–Crippen LogP) is 1.78. The Bertz CT molecular complexity index is 330. The molecule has 0 bridgehead atoms. The largest absolute Gasteiger partial charge is 0.479 e. The molecule has 0 radical (unpaired) electrons. The molecule has 0 aromatic carbocycles. The van der Waals surface area contributed by atoms with Crippen LogP contribution in [-0.2, 0) is 19.1 Å². The molecular weight excluding hydrogens is 262 g/mol.